The number of piperazine rings is 1. The molecule has 29 heavy (non-hydrogen) atoms. The number of hydrogen-bond acceptors (Lipinski definition) is 6. The molecular formula is C20H29N5O4. The van der Waals surface area contributed by atoms with E-state index in [-0.39, 0.29) is 18.2 Å². The van der Waals surface area contributed by atoms with Gasteiger partial charge in [0.05, 0.1) is 37.7 Å². The van der Waals surface area contributed by atoms with Crippen LogP contribution in [0.15, 0.2) is 5.70 Å². The van der Waals surface area contributed by atoms with Gasteiger partial charge in [-0.1, -0.05) is 20.8 Å². The summed E-state index contributed by atoms with van der Waals surface area (Å²) in [4.78, 5) is 42.2. The third kappa shape index (κ3) is 4.34. The molecule has 0 spiro atoms. The molecule has 0 atom stereocenters. The van der Waals surface area contributed by atoms with Crippen LogP contribution in [-0.2, 0) is 25.5 Å². The molecule has 158 valence electrons. The fraction of sp³-hybridized carbons (Fsp3) is 0.600. The van der Waals surface area contributed by atoms with E-state index in [9.17, 15) is 14.4 Å². The van der Waals surface area contributed by atoms with Crippen molar-refractivity contribution in [2.24, 2.45) is 0 Å². The number of rotatable bonds is 5. The summed E-state index contributed by atoms with van der Waals surface area (Å²) in [5.41, 5.74) is 1.70. The number of morpholine rings is 1. The van der Waals surface area contributed by atoms with E-state index >= 15 is 0 Å². The van der Waals surface area contributed by atoms with Crippen LogP contribution in [0.3, 0.4) is 0 Å². The quantitative estimate of drug-likeness (QED) is 0.730. The van der Waals surface area contributed by atoms with Crippen LogP contribution in [0.5, 0.6) is 0 Å². The summed E-state index contributed by atoms with van der Waals surface area (Å²) in [5, 5.41) is 4.83. The molecule has 0 aromatic carbocycles. The Labute approximate surface area is 170 Å². The number of aromatic nitrogens is 2. The molecular weight excluding hydrogens is 374 g/mol. The van der Waals surface area contributed by atoms with Crippen molar-refractivity contribution in [1.82, 2.24) is 19.9 Å². The number of ether oxygens (including phenoxy) is 1. The lowest BCUT2D eigenvalue weighted by Crippen LogP contribution is -2.51. The van der Waals surface area contributed by atoms with E-state index in [1.54, 1.807) is 6.08 Å². The number of carbonyl (C=O) groups is 3. The topological polar surface area (TPSA) is 96.8 Å². The van der Waals surface area contributed by atoms with Crippen molar-refractivity contribution < 1.29 is 19.1 Å². The SMILES string of the molecule is CCCc1nc(C=C2NC(=O)CN(C(C)=O)C2=O)c(C(C)C)n1N1CCOCC1. The van der Waals surface area contributed by atoms with Crippen LogP contribution in [0, 0.1) is 0 Å². The van der Waals surface area contributed by atoms with E-state index in [1.807, 2.05) is 0 Å². The van der Waals surface area contributed by atoms with Crippen molar-refractivity contribution in [3.8, 4) is 0 Å². The zero-order valence-corrected chi connectivity index (χ0v) is 17.5. The maximum atomic E-state index is 12.7. The molecule has 0 unspecified atom stereocenters. The second kappa shape index (κ2) is 8.77. The molecule has 0 bridgehead atoms. The van der Waals surface area contributed by atoms with E-state index < -0.39 is 17.7 Å². The van der Waals surface area contributed by atoms with Gasteiger partial charge in [-0.3, -0.25) is 19.3 Å². The Kier molecular flexibility index (Phi) is 6.36. The van der Waals surface area contributed by atoms with Gasteiger partial charge in [-0.15, -0.1) is 0 Å². The summed E-state index contributed by atoms with van der Waals surface area (Å²) in [5.74, 6) is -0.294. The van der Waals surface area contributed by atoms with Gasteiger partial charge in [-0.05, 0) is 18.4 Å². The molecule has 2 saturated heterocycles. The Morgan fingerprint density at radius 2 is 1.97 bits per heavy atom. The van der Waals surface area contributed by atoms with Crippen molar-refractivity contribution in [2.75, 3.05) is 37.9 Å². The third-order valence-corrected chi connectivity index (χ3v) is 4.99. The monoisotopic (exact) mass is 403 g/mol. The molecule has 2 aliphatic rings. The van der Waals surface area contributed by atoms with Gasteiger partial charge in [0.15, 0.2) is 0 Å². The number of nitrogens with zero attached hydrogens (tertiary/aromatic N) is 4. The minimum absolute atomic E-state index is 0.0769. The molecule has 0 aliphatic carbocycles. The van der Waals surface area contributed by atoms with Crippen LogP contribution < -0.4 is 10.3 Å². The van der Waals surface area contributed by atoms with Crippen LogP contribution in [-0.4, -0.2) is 65.1 Å². The highest BCUT2D eigenvalue weighted by atomic mass is 16.5. The lowest BCUT2D eigenvalue weighted by Gasteiger charge is -2.33. The maximum absolute atomic E-state index is 12.7. The average Bonchev–Trinajstić information content (AvgIpc) is 3.03. The van der Waals surface area contributed by atoms with Crippen LogP contribution in [0.1, 0.15) is 57.2 Å². The van der Waals surface area contributed by atoms with Crippen molar-refractivity contribution in [3.05, 3.63) is 22.9 Å². The summed E-state index contributed by atoms with van der Waals surface area (Å²) >= 11 is 0. The first kappa shape index (κ1) is 21.0. The Hall–Kier alpha value is -2.68. The average molecular weight is 403 g/mol. The minimum Gasteiger partial charge on any atom is -0.378 e. The van der Waals surface area contributed by atoms with Gasteiger partial charge in [-0.25, -0.2) is 9.66 Å². The fourth-order valence-electron chi connectivity index (χ4n) is 3.69. The number of imide groups is 1. The number of hydrogen-bond donors (Lipinski definition) is 1. The Morgan fingerprint density at radius 3 is 2.55 bits per heavy atom. The van der Waals surface area contributed by atoms with Gasteiger partial charge in [0, 0.05) is 13.3 Å². The molecule has 3 rings (SSSR count). The molecule has 2 aliphatic heterocycles. The summed E-state index contributed by atoms with van der Waals surface area (Å²) in [7, 11) is 0. The molecule has 0 saturated carbocycles. The smallest absolute Gasteiger partial charge is 0.277 e. The van der Waals surface area contributed by atoms with Gasteiger partial charge in [0.2, 0.25) is 11.8 Å². The number of carbonyl (C=O) groups excluding carboxylic acids is 3. The molecule has 1 aromatic rings. The molecule has 0 radical (unpaired) electrons. The lowest BCUT2D eigenvalue weighted by molar-refractivity contribution is -0.147. The zero-order valence-electron chi connectivity index (χ0n) is 17.5. The predicted octanol–water partition coefficient (Wildman–Crippen LogP) is 0.773. The fourth-order valence-corrected chi connectivity index (χ4v) is 3.69. The van der Waals surface area contributed by atoms with Gasteiger partial charge in [0.25, 0.3) is 5.91 Å². The van der Waals surface area contributed by atoms with Crippen LogP contribution in [0.25, 0.3) is 6.08 Å². The lowest BCUT2D eigenvalue weighted by atomic mass is 10.1. The van der Waals surface area contributed by atoms with E-state index in [0.29, 0.717) is 18.9 Å². The molecule has 1 N–H and O–H groups in total. The Bertz CT molecular complexity index is 836. The molecule has 3 heterocycles. The first-order valence-corrected chi connectivity index (χ1v) is 10.1. The predicted molar refractivity (Wildman–Crippen MR) is 108 cm³/mol. The summed E-state index contributed by atoms with van der Waals surface area (Å²) < 4.78 is 7.65. The van der Waals surface area contributed by atoms with Crippen LogP contribution in [0.2, 0.25) is 0 Å². The molecule has 3 amide bonds. The van der Waals surface area contributed by atoms with Gasteiger partial charge in [0.1, 0.15) is 18.1 Å². The molecule has 9 nitrogen and oxygen atoms in total. The van der Waals surface area contributed by atoms with Gasteiger partial charge < -0.3 is 15.1 Å². The highest BCUT2D eigenvalue weighted by Gasteiger charge is 2.32. The standard InChI is InChI=1S/C20H29N5O4/c1-5-6-17-21-15(11-16-20(28)24(14(4)26)12-18(27)22-16)19(13(2)3)25(17)23-7-9-29-10-8-23/h11,13H,5-10,12H2,1-4H3,(H,22,27). The summed E-state index contributed by atoms with van der Waals surface area (Å²) in [6, 6.07) is 0. The number of nitrogens with one attached hydrogen (secondary N) is 1. The summed E-state index contributed by atoms with van der Waals surface area (Å²) in [6.07, 6.45) is 3.32. The van der Waals surface area contributed by atoms with E-state index in [1.165, 1.54) is 6.92 Å². The van der Waals surface area contributed by atoms with E-state index in [4.69, 9.17) is 9.72 Å². The first-order valence-electron chi connectivity index (χ1n) is 10.1. The van der Waals surface area contributed by atoms with Gasteiger partial charge in [-0.2, -0.15) is 0 Å². The van der Waals surface area contributed by atoms with Crippen molar-refractivity contribution in [1.29, 1.82) is 0 Å². The van der Waals surface area contributed by atoms with Crippen LogP contribution in [0.4, 0.5) is 0 Å². The number of imidazole rings is 1. The first-order chi connectivity index (χ1) is 13.8. The molecule has 9 heteroatoms. The van der Waals surface area contributed by atoms with E-state index in [0.717, 1.165) is 42.3 Å². The van der Waals surface area contributed by atoms with Crippen molar-refractivity contribution >= 4 is 23.8 Å². The maximum Gasteiger partial charge on any atom is 0.277 e. The normalized spacial score (nSPS) is 19.3. The Morgan fingerprint density at radius 1 is 1.28 bits per heavy atom. The highest BCUT2D eigenvalue weighted by molar-refractivity contribution is 6.12. The summed E-state index contributed by atoms with van der Waals surface area (Å²) in [6.45, 7) is 10.1. The Balaban J connectivity index is 2.08. The number of amides is 3. The largest absolute Gasteiger partial charge is 0.378 e. The molecule has 2 fully saturated rings. The van der Waals surface area contributed by atoms with Crippen molar-refractivity contribution in [3.63, 3.8) is 0 Å². The third-order valence-electron chi connectivity index (χ3n) is 4.99. The molecule has 1 aromatic heterocycles. The van der Waals surface area contributed by atoms with E-state index in [2.05, 4.69) is 35.8 Å². The second-order valence-electron chi connectivity index (χ2n) is 7.60. The highest BCUT2D eigenvalue weighted by Crippen LogP contribution is 2.26. The van der Waals surface area contributed by atoms with Crippen LogP contribution >= 0.6 is 0 Å². The minimum atomic E-state index is -0.509. The zero-order chi connectivity index (χ0) is 21.1. The van der Waals surface area contributed by atoms with Crippen molar-refractivity contribution in [2.45, 2.75) is 46.5 Å². The number of aryl methyl sites for hydroxylation is 1. The second-order valence-corrected chi connectivity index (χ2v) is 7.60. The van der Waals surface area contributed by atoms with Gasteiger partial charge >= 0.3 is 0 Å².